The molecule has 1 fully saturated rings. The average Bonchev–Trinajstić information content (AvgIpc) is 2.58. The Balaban J connectivity index is 1.54. The van der Waals surface area contributed by atoms with Crippen LogP contribution in [0.3, 0.4) is 0 Å². The van der Waals surface area contributed by atoms with Crippen LogP contribution >= 0.6 is 0 Å². The second-order valence-electron chi connectivity index (χ2n) is 5.67. The zero-order valence-corrected chi connectivity index (χ0v) is 12.8. The highest BCUT2D eigenvalue weighted by Gasteiger charge is 2.22. The van der Waals surface area contributed by atoms with Crippen LogP contribution in [0.5, 0.6) is 0 Å². The number of pyridine rings is 1. The maximum Gasteiger partial charge on any atom is 0.272 e. The summed E-state index contributed by atoms with van der Waals surface area (Å²) in [6, 6.07) is 9.88. The zero-order valence-electron chi connectivity index (χ0n) is 12.8. The Morgan fingerprint density at radius 2 is 1.78 bits per heavy atom. The number of nitrogens with two attached hydrogens (primary N) is 1. The second-order valence-corrected chi connectivity index (χ2v) is 5.67. The van der Waals surface area contributed by atoms with E-state index in [0.29, 0.717) is 24.5 Å². The maximum absolute atomic E-state index is 12.9. The van der Waals surface area contributed by atoms with Crippen molar-refractivity contribution in [1.29, 1.82) is 0 Å². The number of anilines is 1. The summed E-state index contributed by atoms with van der Waals surface area (Å²) in [6.07, 6.45) is 1.50. The summed E-state index contributed by atoms with van der Waals surface area (Å²) in [6.45, 7) is 3.66. The van der Waals surface area contributed by atoms with E-state index in [1.165, 1.54) is 18.3 Å². The topological polar surface area (TPSA) is 62.5 Å². The molecule has 1 aliphatic heterocycles. The van der Waals surface area contributed by atoms with Gasteiger partial charge in [0.1, 0.15) is 11.5 Å². The minimum Gasteiger partial charge on any atom is -0.397 e. The number of amides is 1. The zero-order chi connectivity index (χ0) is 16.2. The van der Waals surface area contributed by atoms with Gasteiger partial charge in [0, 0.05) is 32.7 Å². The van der Waals surface area contributed by atoms with Crippen LogP contribution in [0.4, 0.5) is 10.1 Å². The first-order chi connectivity index (χ1) is 11.1. The smallest absolute Gasteiger partial charge is 0.272 e. The molecule has 1 aromatic carbocycles. The SMILES string of the molecule is Nc1ccc(C(=O)N2CCN(Cc3ccc(F)cc3)CC2)nc1. The third kappa shape index (κ3) is 3.84. The van der Waals surface area contributed by atoms with Gasteiger partial charge in [0.15, 0.2) is 0 Å². The molecule has 1 aliphatic rings. The number of benzene rings is 1. The predicted molar refractivity (Wildman–Crippen MR) is 86.2 cm³/mol. The van der Waals surface area contributed by atoms with Gasteiger partial charge in [-0.3, -0.25) is 9.69 Å². The van der Waals surface area contributed by atoms with E-state index < -0.39 is 0 Å². The number of aromatic nitrogens is 1. The molecule has 1 saturated heterocycles. The first-order valence-corrected chi connectivity index (χ1v) is 7.59. The molecule has 0 atom stereocenters. The molecule has 1 aromatic heterocycles. The largest absolute Gasteiger partial charge is 0.397 e. The molecule has 2 N–H and O–H groups in total. The molecule has 0 radical (unpaired) electrons. The van der Waals surface area contributed by atoms with Crippen molar-refractivity contribution in [2.75, 3.05) is 31.9 Å². The maximum atomic E-state index is 12.9. The van der Waals surface area contributed by atoms with Gasteiger partial charge in [-0.05, 0) is 29.8 Å². The Hall–Kier alpha value is -2.47. The number of halogens is 1. The molecule has 3 rings (SSSR count). The van der Waals surface area contributed by atoms with E-state index >= 15 is 0 Å². The summed E-state index contributed by atoms with van der Waals surface area (Å²) >= 11 is 0. The van der Waals surface area contributed by atoms with E-state index in [9.17, 15) is 9.18 Å². The summed E-state index contributed by atoms with van der Waals surface area (Å²) in [7, 11) is 0. The predicted octanol–water partition coefficient (Wildman–Crippen LogP) is 1.76. The van der Waals surface area contributed by atoms with Gasteiger partial charge in [-0.2, -0.15) is 0 Å². The Labute approximate surface area is 134 Å². The lowest BCUT2D eigenvalue weighted by molar-refractivity contribution is 0.0623. The van der Waals surface area contributed by atoms with E-state index in [-0.39, 0.29) is 11.7 Å². The van der Waals surface area contributed by atoms with Crippen molar-refractivity contribution in [2.45, 2.75) is 6.54 Å². The number of carbonyl (C=O) groups is 1. The van der Waals surface area contributed by atoms with Gasteiger partial charge in [0.25, 0.3) is 5.91 Å². The van der Waals surface area contributed by atoms with Crippen molar-refractivity contribution in [3.05, 3.63) is 59.7 Å². The summed E-state index contributed by atoms with van der Waals surface area (Å²) < 4.78 is 12.9. The molecule has 0 bridgehead atoms. The Bertz CT molecular complexity index is 664. The fraction of sp³-hybridized carbons (Fsp3) is 0.294. The summed E-state index contributed by atoms with van der Waals surface area (Å²) in [5.74, 6) is -0.286. The minimum atomic E-state index is -0.222. The van der Waals surface area contributed by atoms with E-state index in [4.69, 9.17) is 5.73 Å². The first-order valence-electron chi connectivity index (χ1n) is 7.59. The molecule has 2 heterocycles. The van der Waals surface area contributed by atoms with Crippen LogP contribution in [0.25, 0.3) is 0 Å². The molecule has 0 spiro atoms. The van der Waals surface area contributed by atoms with Gasteiger partial charge in [0.2, 0.25) is 0 Å². The molecule has 120 valence electrons. The monoisotopic (exact) mass is 314 g/mol. The number of piperazine rings is 1. The fourth-order valence-electron chi connectivity index (χ4n) is 2.65. The quantitative estimate of drug-likeness (QED) is 0.938. The van der Waals surface area contributed by atoms with Crippen LogP contribution in [0.1, 0.15) is 16.1 Å². The summed E-state index contributed by atoms with van der Waals surface area (Å²) in [4.78, 5) is 20.5. The highest BCUT2D eigenvalue weighted by Crippen LogP contribution is 2.12. The van der Waals surface area contributed by atoms with Crippen LogP contribution in [0.15, 0.2) is 42.6 Å². The lowest BCUT2D eigenvalue weighted by Crippen LogP contribution is -2.48. The average molecular weight is 314 g/mol. The molecule has 6 heteroatoms. The van der Waals surface area contributed by atoms with Crippen LogP contribution in [0.2, 0.25) is 0 Å². The lowest BCUT2D eigenvalue weighted by Gasteiger charge is -2.34. The molecule has 5 nitrogen and oxygen atoms in total. The number of rotatable bonds is 3. The Kier molecular flexibility index (Phi) is 4.52. The number of hydrogen-bond acceptors (Lipinski definition) is 4. The first kappa shape index (κ1) is 15.4. The number of carbonyl (C=O) groups excluding carboxylic acids is 1. The van der Waals surface area contributed by atoms with Crippen LogP contribution in [0, 0.1) is 5.82 Å². The van der Waals surface area contributed by atoms with Crippen LogP contribution in [-0.2, 0) is 6.54 Å². The fourth-order valence-corrected chi connectivity index (χ4v) is 2.65. The van der Waals surface area contributed by atoms with Crippen molar-refractivity contribution < 1.29 is 9.18 Å². The summed E-state index contributed by atoms with van der Waals surface area (Å²) in [5, 5.41) is 0. The number of nitrogen functional groups attached to an aromatic ring is 1. The van der Waals surface area contributed by atoms with Crippen molar-refractivity contribution in [3.63, 3.8) is 0 Å². The van der Waals surface area contributed by atoms with Crippen molar-refractivity contribution in [2.24, 2.45) is 0 Å². The van der Waals surface area contributed by atoms with Gasteiger partial charge in [-0.25, -0.2) is 9.37 Å². The van der Waals surface area contributed by atoms with Crippen molar-refractivity contribution in [3.8, 4) is 0 Å². The molecular weight excluding hydrogens is 295 g/mol. The van der Waals surface area contributed by atoms with Crippen molar-refractivity contribution in [1.82, 2.24) is 14.8 Å². The second kappa shape index (κ2) is 6.75. The van der Waals surface area contributed by atoms with Gasteiger partial charge in [-0.15, -0.1) is 0 Å². The van der Waals surface area contributed by atoms with Crippen LogP contribution in [-0.4, -0.2) is 46.9 Å². The molecule has 0 saturated carbocycles. The van der Waals surface area contributed by atoms with Gasteiger partial charge in [-0.1, -0.05) is 12.1 Å². The van der Waals surface area contributed by atoms with E-state index in [2.05, 4.69) is 9.88 Å². The minimum absolute atomic E-state index is 0.0635. The molecular formula is C17H19FN4O. The number of hydrogen-bond donors (Lipinski definition) is 1. The van der Waals surface area contributed by atoms with Gasteiger partial charge < -0.3 is 10.6 Å². The third-order valence-corrected chi connectivity index (χ3v) is 3.98. The van der Waals surface area contributed by atoms with E-state index in [1.807, 2.05) is 0 Å². The summed E-state index contributed by atoms with van der Waals surface area (Å²) in [5.41, 5.74) is 7.63. The highest BCUT2D eigenvalue weighted by molar-refractivity contribution is 5.92. The van der Waals surface area contributed by atoms with Gasteiger partial charge >= 0.3 is 0 Å². The van der Waals surface area contributed by atoms with Gasteiger partial charge in [0.05, 0.1) is 11.9 Å². The van der Waals surface area contributed by atoms with E-state index in [1.54, 1.807) is 29.2 Å². The molecule has 23 heavy (non-hydrogen) atoms. The molecule has 0 unspecified atom stereocenters. The highest BCUT2D eigenvalue weighted by atomic mass is 19.1. The standard InChI is InChI=1S/C17H19FN4O/c18-14-3-1-13(2-4-14)12-21-7-9-22(10-8-21)17(23)16-6-5-15(19)11-20-16/h1-6,11H,7-10,12,19H2. The molecule has 1 amide bonds. The molecule has 2 aromatic rings. The van der Waals surface area contributed by atoms with Crippen LogP contribution < -0.4 is 5.73 Å². The Morgan fingerprint density at radius 1 is 1.09 bits per heavy atom. The van der Waals surface area contributed by atoms with E-state index in [0.717, 1.165) is 25.2 Å². The normalized spacial score (nSPS) is 15.6. The lowest BCUT2D eigenvalue weighted by atomic mass is 10.2. The Morgan fingerprint density at radius 3 is 2.39 bits per heavy atom. The number of nitrogens with zero attached hydrogens (tertiary/aromatic N) is 3. The third-order valence-electron chi connectivity index (χ3n) is 3.98. The van der Waals surface area contributed by atoms with Crippen molar-refractivity contribution >= 4 is 11.6 Å². The molecule has 0 aliphatic carbocycles.